The van der Waals surface area contributed by atoms with Crippen LogP contribution in [0, 0.1) is 13.8 Å². The molecule has 0 atom stereocenters. The molecule has 6 heteroatoms. The first kappa shape index (κ1) is 21.6. The van der Waals surface area contributed by atoms with E-state index in [4.69, 9.17) is 17.0 Å². The van der Waals surface area contributed by atoms with Crippen LogP contribution in [0.1, 0.15) is 36.0 Å². The zero-order valence-electron chi connectivity index (χ0n) is 16.3. The quantitative estimate of drug-likeness (QED) is 0.399. The van der Waals surface area contributed by atoms with Gasteiger partial charge in [0.25, 0.3) is 0 Å². The van der Waals surface area contributed by atoms with Crippen LogP contribution in [0.15, 0.2) is 48.5 Å². The molecule has 0 aliphatic heterocycles. The number of hydrogen-bond acceptors (Lipinski definition) is 4. The summed E-state index contributed by atoms with van der Waals surface area (Å²) in [6, 6.07) is 15.9. The average Bonchev–Trinajstić information content (AvgIpc) is 2.68. The highest BCUT2D eigenvalue weighted by Gasteiger charge is 2.10. The van der Waals surface area contributed by atoms with E-state index in [2.05, 4.69) is 10.6 Å². The number of nitrogens with one attached hydrogen (secondary N) is 2. The Kier molecular flexibility index (Phi) is 8.62. The Labute approximate surface area is 171 Å². The molecule has 2 aromatic rings. The summed E-state index contributed by atoms with van der Waals surface area (Å²) in [6.07, 6.45) is 1.67. The van der Waals surface area contributed by atoms with E-state index in [-0.39, 0.29) is 29.8 Å². The van der Waals surface area contributed by atoms with Gasteiger partial charge in [-0.05, 0) is 61.7 Å². The third-order valence-corrected chi connectivity index (χ3v) is 4.58. The Morgan fingerprint density at radius 3 is 2.50 bits per heavy atom. The van der Waals surface area contributed by atoms with Crippen molar-refractivity contribution >= 4 is 34.9 Å². The average molecular weight is 399 g/mol. The molecule has 0 aliphatic rings. The normalized spacial score (nSPS) is 10.2. The summed E-state index contributed by atoms with van der Waals surface area (Å²) in [4.78, 5) is 23.7. The highest BCUT2D eigenvalue weighted by atomic mass is 32.1. The van der Waals surface area contributed by atoms with E-state index in [1.807, 2.05) is 62.4 Å². The fourth-order valence-corrected chi connectivity index (χ4v) is 2.85. The van der Waals surface area contributed by atoms with Crippen LogP contribution in [0.2, 0.25) is 0 Å². The van der Waals surface area contributed by atoms with Gasteiger partial charge in [-0.25, -0.2) is 0 Å². The first-order valence-electron chi connectivity index (χ1n) is 9.32. The molecule has 0 unspecified atom stereocenters. The largest absolute Gasteiger partial charge is 0.466 e. The van der Waals surface area contributed by atoms with Crippen molar-refractivity contribution in [2.24, 2.45) is 0 Å². The maximum absolute atomic E-state index is 12.0. The summed E-state index contributed by atoms with van der Waals surface area (Å²) >= 11 is 5.17. The number of amides is 1. The smallest absolute Gasteiger partial charge is 0.306 e. The lowest BCUT2D eigenvalue weighted by atomic mass is 10.1. The molecule has 0 aromatic heterocycles. The van der Waals surface area contributed by atoms with Gasteiger partial charge in [0, 0.05) is 12.1 Å². The third-order valence-electron chi connectivity index (χ3n) is 4.38. The molecule has 0 heterocycles. The van der Waals surface area contributed by atoms with Crippen molar-refractivity contribution in [2.45, 2.75) is 39.5 Å². The van der Waals surface area contributed by atoms with Gasteiger partial charge in [-0.2, -0.15) is 0 Å². The fourth-order valence-electron chi connectivity index (χ4n) is 2.62. The number of rotatable bonds is 8. The van der Waals surface area contributed by atoms with Crippen LogP contribution >= 0.6 is 12.2 Å². The molecular formula is C22H26N2O3S. The van der Waals surface area contributed by atoms with Crippen LogP contribution in [0.25, 0.3) is 0 Å². The SMILES string of the molecule is Cc1cccc(NC(=S)NC(=O)CCC(=O)OCCCc2ccccc2)c1C. The number of hydrogen-bond donors (Lipinski definition) is 2. The summed E-state index contributed by atoms with van der Waals surface area (Å²) in [5.74, 6) is -0.694. The molecule has 0 bridgehead atoms. The van der Waals surface area contributed by atoms with Crippen molar-refractivity contribution in [2.75, 3.05) is 11.9 Å². The van der Waals surface area contributed by atoms with Crippen molar-refractivity contribution in [3.05, 3.63) is 65.2 Å². The van der Waals surface area contributed by atoms with Crippen molar-refractivity contribution < 1.29 is 14.3 Å². The van der Waals surface area contributed by atoms with Crippen molar-refractivity contribution in [1.29, 1.82) is 0 Å². The van der Waals surface area contributed by atoms with Gasteiger partial charge in [-0.1, -0.05) is 42.5 Å². The maximum Gasteiger partial charge on any atom is 0.306 e. The maximum atomic E-state index is 12.0. The van der Waals surface area contributed by atoms with Crippen molar-refractivity contribution in [3.8, 4) is 0 Å². The van der Waals surface area contributed by atoms with E-state index in [0.29, 0.717) is 6.61 Å². The molecule has 2 aromatic carbocycles. The second kappa shape index (κ2) is 11.2. The molecule has 2 N–H and O–H groups in total. The van der Waals surface area contributed by atoms with Gasteiger partial charge in [0.05, 0.1) is 13.0 Å². The topological polar surface area (TPSA) is 67.4 Å². The molecule has 0 saturated heterocycles. The van der Waals surface area contributed by atoms with Crippen LogP contribution in [-0.4, -0.2) is 23.6 Å². The van der Waals surface area contributed by atoms with Gasteiger partial charge in [0.1, 0.15) is 0 Å². The number of esters is 1. The minimum absolute atomic E-state index is 0.0310. The standard InChI is InChI=1S/C22H26N2O3S/c1-16-8-6-12-19(17(16)2)23-22(28)24-20(25)13-14-21(26)27-15-7-11-18-9-4-3-5-10-18/h3-6,8-10,12H,7,11,13-15H2,1-2H3,(H2,23,24,25,28). The van der Waals surface area contributed by atoms with Crippen LogP contribution in [-0.2, 0) is 20.7 Å². The van der Waals surface area contributed by atoms with Crippen LogP contribution in [0.4, 0.5) is 5.69 Å². The minimum Gasteiger partial charge on any atom is -0.466 e. The van der Waals surface area contributed by atoms with E-state index in [9.17, 15) is 9.59 Å². The first-order valence-corrected chi connectivity index (χ1v) is 9.73. The molecule has 148 valence electrons. The highest BCUT2D eigenvalue weighted by Crippen LogP contribution is 2.17. The number of anilines is 1. The van der Waals surface area contributed by atoms with Crippen molar-refractivity contribution in [1.82, 2.24) is 5.32 Å². The molecule has 0 saturated carbocycles. The molecule has 0 radical (unpaired) electrons. The molecule has 0 aliphatic carbocycles. The Morgan fingerprint density at radius 2 is 1.75 bits per heavy atom. The second-order valence-electron chi connectivity index (χ2n) is 6.56. The summed E-state index contributed by atoms with van der Waals surface area (Å²) in [5, 5.41) is 5.82. The first-order chi connectivity index (χ1) is 13.5. The zero-order chi connectivity index (χ0) is 20.4. The zero-order valence-corrected chi connectivity index (χ0v) is 17.1. The van der Waals surface area contributed by atoms with Gasteiger partial charge in [-0.3, -0.25) is 9.59 Å². The Bertz CT molecular complexity index is 822. The van der Waals surface area contributed by atoms with Crippen LogP contribution < -0.4 is 10.6 Å². The number of thiocarbonyl (C=S) groups is 1. The fraction of sp³-hybridized carbons (Fsp3) is 0.318. The molecule has 0 fully saturated rings. The summed E-state index contributed by atoms with van der Waals surface area (Å²) in [6.45, 7) is 4.34. The lowest BCUT2D eigenvalue weighted by Gasteiger charge is -2.13. The molecule has 5 nitrogen and oxygen atoms in total. The van der Waals surface area contributed by atoms with Gasteiger partial charge >= 0.3 is 5.97 Å². The molecule has 2 rings (SSSR count). The molecule has 0 spiro atoms. The second-order valence-corrected chi connectivity index (χ2v) is 6.97. The Morgan fingerprint density at radius 1 is 1.00 bits per heavy atom. The Hall–Kier alpha value is -2.73. The Balaban J connectivity index is 1.62. The van der Waals surface area contributed by atoms with Gasteiger partial charge in [0.15, 0.2) is 5.11 Å². The van der Waals surface area contributed by atoms with Crippen molar-refractivity contribution in [3.63, 3.8) is 0 Å². The summed E-state index contributed by atoms with van der Waals surface area (Å²) in [5.41, 5.74) is 4.26. The monoisotopic (exact) mass is 398 g/mol. The van der Waals surface area contributed by atoms with E-state index < -0.39 is 0 Å². The number of benzene rings is 2. The van der Waals surface area contributed by atoms with Gasteiger partial charge < -0.3 is 15.4 Å². The van der Waals surface area contributed by atoms with Gasteiger partial charge in [-0.15, -0.1) is 0 Å². The molecule has 28 heavy (non-hydrogen) atoms. The lowest BCUT2D eigenvalue weighted by Crippen LogP contribution is -2.34. The predicted octanol–water partition coefficient (Wildman–Crippen LogP) is 4.07. The molecular weight excluding hydrogens is 372 g/mol. The predicted molar refractivity (Wildman–Crippen MR) is 115 cm³/mol. The number of ether oxygens (including phenoxy) is 1. The highest BCUT2D eigenvalue weighted by molar-refractivity contribution is 7.80. The molecule has 1 amide bonds. The van der Waals surface area contributed by atoms with Crippen LogP contribution in [0.5, 0.6) is 0 Å². The van der Waals surface area contributed by atoms with E-state index in [1.165, 1.54) is 5.56 Å². The summed E-state index contributed by atoms with van der Waals surface area (Å²) < 4.78 is 5.18. The third kappa shape index (κ3) is 7.48. The van der Waals surface area contributed by atoms with Crippen LogP contribution in [0.3, 0.4) is 0 Å². The van der Waals surface area contributed by atoms with Gasteiger partial charge in [0.2, 0.25) is 5.91 Å². The van der Waals surface area contributed by atoms with E-state index in [0.717, 1.165) is 29.7 Å². The number of aryl methyl sites for hydroxylation is 2. The minimum atomic E-state index is -0.378. The van der Waals surface area contributed by atoms with E-state index >= 15 is 0 Å². The number of carbonyl (C=O) groups is 2. The number of carbonyl (C=O) groups excluding carboxylic acids is 2. The lowest BCUT2D eigenvalue weighted by molar-refractivity contribution is -0.145. The van der Waals surface area contributed by atoms with E-state index in [1.54, 1.807) is 0 Å². The summed E-state index contributed by atoms with van der Waals surface area (Å²) in [7, 11) is 0.